The molecule has 18 heavy (non-hydrogen) atoms. The molecule has 3 N–H and O–H groups in total. The molecule has 1 heterocycles. The lowest BCUT2D eigenvalue weighted by atomic mass is 10.1. The lowest BCUT2D eigenvalue weighted by Gasteiger charge is -2.05. The van der Waals surface area contributed by atoms with Gasteiger partial charge in [-0.2, -0.15) is 0 Å². The van der Waals surface area contributed by atoms with Crippen molar-refractivity contribution in [1.29, 1.82) is 0 Å². The molecule has 0 atom stereocenters. The fraction of sp³-hybridized carbons (Fsp3) is 0.154. The zero-order valence-electron chi connectivity index (χ0n) is 10.1. The third-order valence-electron chi connectivity index (χ3n) is 2.54. The van der Waals surface area contributed by atoms with Crippen LogP contribution in [0.2, 0.25) is 0 Å². The summed E-state index contributed by atoms with van der Waals surface area (Å²) in [5, 5.41) is 10.1. The number of anilines is 2. The Bertz CT molecular complexity index is 534. The summed E-state index contributed by atoms with van der Waals surface area (Å²) in [7, 11) is 0. The highest BCUT2D eigenvalue weighted by Gasteiger charge is 2.07. The van der Waals surface area contributed by atoms with Gasteiger partial charge >= 0.3 is 0 Å². The van der Waals surface area contributed by atoms with E-state index in [1.165, 1.54) is 11.6 Å². The Balaban J connectivity index is 2.08. The standard InChI is InChI=1S/C13H14N4O/c1-2-9-3-5-10(6-4-9)15-13(18)11-7-8-12(14)17-16-11/h3-8H,2H2,1H3,(H2,14,17)(H,15,18). The molecular weight excluding hydrogens is 228 g/mol. The molecule has 0 aliphatic heterocycles. The van der Waals surface area contributed by atoms with Gasteiger partial charge in [-0.25, -0.2) is 0 Å². The number of aromatic nitrogens is 2. The van der Waals surface area contributed by atoms with Crippen LogP contribution in [0.3, 0.4) is 0 Å². The average molecular weight is 242 g/mol. The number of aryl methyl sites for hydroxylation is 1. The van der Waals surface area contributed by atoms with Gasteiger partial charge in [-0.05, 0) is 36.2 Å². The minimum atomic E-state index is -0.299. The van der Waals surface area contributed by atoms with E-state index in [0.717, 1.165) is 12.1 Å². The maximum absolute atomic E-state index is 11.8. The van der Waals surface area contributed by atoms with Gasteiger partial charge in [-0.1, -0.05) is 19.1 Å². The van der Waals surface area contributed by atoms with Gasteiger partial charge in [-0.3, -0.25) is 4.79 Å². The van der Waals surface area contributed by atoms with Gasteiger partial charge in [0.25, 0.3) is 5.91 Å². The molecular formula is C13H14N4O. The van der Waals surface area contributed by atoms with Crippen LogP contribution in [0.4, 0.5) is 11.5 Å². The Labute approximate surface area is 105 Å². The van der Waals surface area contributed by atoms with Crippen LogP contribution in [0.1, 0.15) is 23.0 Å². The van der Waals surface area contributed by atoms with Crippen LogP contribution in [0.5, 0.6) is 0 Å². The number of carbonyl (C=O) groups excluding carboxylic acids is 1. The van der Waals surface area contributed by atoms with Crippen molar-refractivity contribution in [3.63, 3.8) is 0 Å². The molecule has 0 radical (unpaired) electrons. The van der Waals surface area contributed by atoms with Gasteiger partial charge in [0.05, 0.1) is 0 Å². The van der Waals surface area contributed by atoms with E-state index in [0.29, 0.717) is 5.82 Å². The quantitative estimate of drug-likeness (QED) is 0.861. The van der Waals surface area contributed by atoms with E-state index in [1.54, 1.807) is 6.07 Å². The zero-order chi connectivity index (χ0) is 13.0. The molecule has 92 valence electrons. The van der Waals surface area contributed by atoms with E-state index in [1.807, 2.05) is 24.3 Å². The van der Waals surface area contributed by atoms with Gasteiger partial charge in [0, 0.05) is 5.69 Å². The third kappa shape index (κ3) is 2.82. The molecule has 0 bridgehead atoms. The first-order valence-corrected chi connectivity index (χ1v) is 5.68. The van der Waals surface area contributed by atoms with Crippen LogP contribution in [-0.4, -0.2) is 16.1 Å². The van der Waals surface area contributed by atoms with Crippen molar-refractivity contribution < 1.29 is 4.79 Å². The van der Waals surface area contributed by atoms with Crippen molar-refractivity contribution in [2.24, 2.45) is 0 Å². The number of nitrogens with zero attached hydrogens (tertiary/aromatic N) is 2. The van der Waals surface area contributed by atoms with Crippen LogP contribution < -0.4 is 11.1 Å². The second-order valence-electron chi connectivity index (χ2n) is 3.85. The average Bonchev–Trinajstić information content (AvgIpc) is 2.40. The van der Waals surface area contributed by atoms with Crippen LogP contribution in [0, 0.1) is 0 Å². The number of nitrogens with one attached hydrogen (secondary N) is 1. The van der Waals surface area contributed by atoms with Crippen LogP contribution in [0.15, 0.2) is 36.4 Å². The number of nitrogens with two attached hydrogens (primary N) is 1. The van der Waals surface area contributed by atoms with Crippen LogP contribution >= 0.6 is 0 Å². The summed E-state index contributed by atoms with van der Waals surface area (Å²) in [5.74, 6) is -0.00871. The molecule has 5 nitrogen and oxygen atoms in total. The molecule has 2 aromatic rings. The summed E-state index contributed by atoms with van der Waals surface area (Å²) in [6.07, 6.45) is 0.970. The number of rotatable bonds is 3. The fourth-order valence-corrected chi connectivity index (χ4v) is 1.48. The summed E-state index contributed by atoms with van der Waals surface area (Å²) < 4.78 is 0. The van der Waals surface area contributed by atoms with Crippen molar-refractivity contribution in [3.05, 3.63) is 47.7 Å². The molecule has 0 fully saturated rings. The van der Waals surface area contributed by atoms with Gasteiger partial charge in [0.15, 0.2) is 5.69 Å². The minimum Gasteiger partial charge on any atom is -0.382 e. The van der Waals surface area contributed by atoms with Crippen molar-refractivity contribution in [2.75, 3.05) is 11.1 Å². The normalized spacial score (nSPS) is 10.1. The van der Waals surface area contributed by atoms with Crippen molar-refractivity contribution in [2.45, 2.75) is 13.3 Å². The van der Waals surface area contributed by atoms with E-state index in [4.69, 9.17) is 5.73 Å². The van der Waals surface area contributed by atoms with Gasteiger partial charge in [-0.15, -0.1) is 10.2 Å². The van der Waals surface area contributed by atoms with Gasteiger partial charge in [0.2, 0.25) is 0 Å². The fourth-order valence-electron chi connectivity index (χ4n) is 1.48. The van der Waals surface area contributed by atoms with E-state index in [-0.39, 0.29) is 11.6 Å². The molecule has 1 aromatic heterocycles. The summed E-state index contributed by atoms with van der Waals surface area (Å²) in [6, 6.07) is 10.8. The topological polar surface area (TPSA) is 80.9 Å². The Hall–Kier alpha value is -2.43. The van der Waals surface area contributed by atoms with Crippen molar-refractivity contribution in [3.8, 4) is 0 Å². The van der Waals surface area contributed by atoms with E-state index in [9.17, 15) is 4.79 Å². The number of hydrogen-bond acceptors (Lipinski definition) is 4. The van der Waals surface area contributed by atoms with Crippen LogP contribution in [0.25, 0.3) is 0 Å². The summed E-state index contributed by atoms with van der Waals surface area (Å²) in [5.41, 5.74) is 7.60. The largest absolute Gasteiger partial charge is 0.382 e. The number of carbonyl (C=O) groups is 1. The predicted molar refractivity (Wildman–Crippen MR) is 70.2 cm³/mol. The van der Waals surface area contributed by atoms with Crippen molar-refractivity contribution >= 4 is 17.4 Å². The first kappa shape index (κ1) is 12.0. The Morgan fingerprint density at radius 1 is 1.17 bits per heavy atom. The van der Waals surface area contributed by atoms with Gasteiger partial charge < -0.3 is 11.1 Å². The third-order valence-corrected chi connectivity index (χ3v) is 2.54. The smallest absolute Gasteiger partial charge is 0.276 e. The zero-order valence-corrected chi connectivity index (χ0v) is 10.1. The molecule has 0 saturated carbocycles. The molecule has 0 aliphatic rings. The molecule has 1 amide bonds. The van der Waals surface area contributed by atoms with E-state index < -0.39 is 0 Å². The highest BCUT2D eigenvalue weighted by Crippen LogP contribution is 2.11. The maximum Gasteiger partial charge on any atom is 0.276 e. The molecule has 0 aliphatic carbocycles. The minimum absolute atomic E-state index is 0.240. The predicted octanol–water partition coefficient (Wildman–Crippen LogP) is 1.87. The number of nitrogen functional groups attached to an aromatic ring is 1. The highest BCUT2D eigenvalue weighted by atomic mass is 16.1. The lowest BCUT2D eigenvalue weighted by Crippen LogP contribution is -2.14. The van der Waals surface area contributed by atoms with E-state index >= 15 is 0 Å². The second-order valence-corrected chi connectivity index (χ2v) is 3.85. The highest BCUT2D eigenvalue weighted by molar-refractivity contribution is 6.02. The molecule has 5 heteroatoms. The summed E-state index contributed by atoms with van der Waals surface area (Å²) in [4.78, 5) is 11.8. The lowest BCUT2D eigenvalue weighted by molar-refractivity contribution is 0.102. The SMILES string of the molecule is CCc1ccc(NC(=O)c2ccc(N)nn2)cc1. The monoisotopic (exact) mass is 242 g/mol. The first-order chi connectivity index (χ1) is 8.69. The van der Waals surface area contributed by atoms with Crippen LogP contribution in [-0.2, 0) is 6.42 Å². The van der Waals surface area contributed by atoms with E-state index in [2.05, 4.69) is 22.4 Å². The van der Waals surface area contributed by atoms with Gasteiger partial charge in [0.1, 0.15) is 5.82 Å². The number of amides is 1. The molecule has 2 rings (SSSR count). The summed E-state index contributed by atoms with van der Waals surface area (Å²) >= 11 is 0. The Morgan fingerprint density at radius 3 is 2.44 bits per heavy atom. The second kappa shape index (κ2) is 5.27. The Morgan fingerprint density at radius 2 is 1.89 bits per heavy atom. The Kier molecular flexibility index (Phi) is 3.52. The molecule has 1 aromatic carbocycles. The maximum atomic E-state index is 11.8. The molecule has 0 spiro atoms. The molecule has 0 saturated heterocycles. The first-order valence-electron chi connectivity index (χ1n) is 5.68. The molecule has 0 unspecified atom stereocenters. The number of hydrogen-bond donors (Lipinski definition) is 2. The van der Waals surface area contributed by atoms with Crippen molar-refractivity contribution in [1.82, 2.24) is 10.2 Å². The summed E-state index contributed by atoms with van der Waals surface area (Å²) in [6.45, 7) is 2.08. The number of benzene rings is 1.